The second-order valence-corrected chi connectivity index (χ2v) is 6.37. The number of carboxylic acid groups (broad SMARTS) is 2. The minimum atomic E-state index is -1.24. The Balaban J connectivity index is 2.75. The van der Waals surface area contributed by atoms with Gasteiger partial charge in [0.15, 0.2) is 0 Å². The summed E-state index contributed by atoms with van der Waals surface area (Å²) in [6, 6.07) is 2.52. The van der Waals surface area contributed by atoms with Crippen molar-refractivity contribution in [1.29, 1.82) is 0 Å². The van der Waals surface area contributed by atoms with Crippen LogP contribution in [0.2, 0.25) is 0 Å². The molecule has 0 saturated heterocycles. The predicted octanol–water partition coefficient (Wildman–Crippen LogP) is 1.61. The molecule has 30 heavy (non-hydrogen) atoms. The van der Waals surface area contributed by atoms with Crippen molar-refractivity contribution in [3.05, 3.63) is 34.4 Å². The normalized spacial score (nSPS) is 11.0. The highest BCUT2D eigenvalue weighted by Crippen LogP contribution is 2.21. The highest BCUT2D eigenvalue weighted by Gasteiger charge is 2.19. The molecule has 0 radical (unpaired) electrons. The molecule has 0 aromatic heterocycles. The van der Waals surface area contributed by atoms with Crippen molar-refractivity contribution in [2.24, 2.45) is 0 Å². The van der Waals surface area contributed by atoms with Crippen molar-refractivity contribution in [1.82, 2.24) is 0 Å². The third-order valence-corrected chi connectivity index (χ3v) is 4.16. The number of hydrogen-bond donors (Lipinski definition) is 4. The topological polar surface area (TPSA) is 152 Å². The second kappa shape index (κ2) is 15.7. The molecular weight excluding hydrogens is 400 g/mol. The van der Waals surface area contributed by atoms with Crippen LogP contribution in [0, 0.1) is 0 Å². The lowest BCUT2D eigenvalue weighted by molar-refractivity contribution is -0.00585. The van der Waals surface area contributed by atoms with Crippen LogP contribution in [-0.2, 0) is 32.2 Å². The second-order valence-electron chi connectivity index (χ2n) is 6.37. The maximum Gasteiger partial charge on any atom is 0.336 e. The van der Waals surface area contributed by atoms with E-state index in [1.807, 2.05) is 0 Å². The van der Waals surface area contributed by atoms with Gasteiger partial charge in [0, 0.05) is 26.4 Å². The summed E-state index contributed by atoms with van der Waals surface area (Å²) >= 11 is 0. The number of carboxylic acids is 2. The van der Waals surface area contributed by atoms with Gasteiger partial charge in [-0.2, -0.15) is 0 Å². The molecule has 0 fully saturated rings. The number of hydrogen-bond acceptors (Lipinski definition) is 8. The van der Waals surface area contributed by atoms with Gasteiger partial charge in [0.05, 0.1) is 24.3 Å². The molecule has 1 rings (SSSR count). The van der Waals surface area contributed by atoms with Crippen molar-refractivity contribution in [2.75, 3.05) is 40.0 Å². The van der Waals surface area contributed by atoms with Gasteiger partial charge in [0.2, 0.25) is 0 Å². The van der Waals surface area contributed by atoms with Crippen LogP contribution in [0.1, 0.15) is 57.5 Å². The summed E-state index contributed by atoms with van der Waals surface area (Å²) in [6.45, 7) is 0.918. The smallest absolute Gasteiger partial charge is 0.336 e. The number of aliphatic hydroxyl groups excluding tert-OH is 2. The van der Waals surface area contributed by atoms with Crippen LogP contribution >= 0.6 is 0 Å². The molecule has 4 N–H and O–H groups in total. The zero-order valence-corrected chi connectivity index (χ0v) is 16.9. The third-order valence-electron chi connectivity index (χ3n) is 4.16. The van der Waals surface area contributed by atoms with Gasteiger partial charge in [-0.15, -0.1) is 0 Å². The molecule has 1 aromatic rings. The van der Waals surface area contributed by atoms with Crippen molar-refractivity contribution in [3.63, 3.8) is 0 Å². The lowest BCUT2D eigenvalue weighted by Crippen LogP contribution is -2.13. The molecule has 0 unspecified atom stereocenters. The van der Waals surface area contributed by atoms with E-state index in [2.05, 4.69) is 0 Å². The molecule has 0 aliphatic carbocycles. The Hall–Kier alpha value is -2.08. The number of aromatic carboxylic acids is 2. The van der Waals surface area contributed by atoms with E-state index in [-0.39, 0.29) is 37.9 Å². The van der Waals surface area contributed by atoms with Crippen LogP contribution in [0.4, 0.5) is 0 Å². The molecule has 1 aromatic carbocycles. The standard InChI is InChI=1S/C20H30O10/c21-13-29-7-3-1-5-27-11-16-9-15(19(23)24)10-17(20(25)26)18(16)12-28-6-2-4-8-30-14-22/h9-10,21-22H,1-8,11-14H2,(H,23,24)(H,25,26). The first-order chi connectivity index (χ1) is 14.5. The van der Waals surface area contributed by atoms with Crippen molar-refractivity contribution in [3.8, 4) is 0 Å². The lowest BCUT2D eigenvalue weighted by Gasteiger charge is -2.15. The molecule has 10 heteroatoms. The van der Waals surface area contributed by atoms with Crippen LogP contribution in [-0.4, -0.2) is 72.4 Å². The molecule has 0 bridgehead atoms. The van der Waals surface area contributed by atoms with Gasteiger partial charge >= 0.3 is 11.9 Å². The monoisotopic (exact) mass is 430 g/mol. The highest BCUT2D eigenvalue weighted by atomic mass is 16.6. The summed E-state index contributed by atoms with van der Waals surface area (Å²) in [5.74, 6) is -2.47. The van der Waals surface area contributed by atoms with E-state index in [0.29, 0.717) is 63.2 Å². The van der Waals surface area contributed by atoms with Crippen LogP contribution in [0.5, 0.6) is 0 Å². The van der Waals surface area contributed by atoms with E-state index in [9.17, 15) is 19.8 Å². The quantitative estimate of drug-likeness (QED) is 0.200. The maximum absolute atomic E-state index is 11.7. The average Bonchev–Trinajstić information content (AvgIpc) is 2.72. The Morgan fingerprint density at radius 1 is 0.700 bits per heavy atom. The number of ether oxygens (including phenoxy) is 4. The maximum atomic E-state index is 11.7. The lowest BCUT2D eigenvalue weighted by atomic mass is 9.98. The Morgan fingerprint density at radius 3 is 1.67 bits per heavy atom. The van der Waals surface area contributed by atoms with Crippen LogP contribution in [0.3, 0.4) is 0 Å². The first kappa shape index (κ1) is 26.0. The number of aliphatic hydroxyl groups is 2. The zero-order chi connectivity index (χ0) is 22.2. The van der Waals surface area contributed by atoms with E-state index in [1.165, 1.54) is 6.07 Å². The zero-order valence-electron chi connectivity index (χ0n) is 16.9. The molecule has 170 valence electrons. The number of rotatable bonds is 18. The van der Waals surface area contributed by atoms with E-state index in [1.54, 1.807) is 0 Å². The predicted molar refractivity (Wildman–Crippen MR) is 104 cm³/mol. The van der Waals surface area contributed by atoms with Crippen LogP contribution in [0.15, 0.2) is 12.1 Å². The number of unbranched alkanes of at least 4 members (excludes halogenated alkanes) is 2. The minimum absolute atomic E-state index is 0.00538. The molecule has 0 atom stereocenters. The fraction of sp³-hybridized carbons (Fsp3) is 0.600. The fourth-order valence-electron chi connectivity index (χ4n) is 2.65. The van der Waals surface area contributed by atoms with Gasteiger partial charge in [-0.25, -0.2) is 9.59 Å². The van der Waals surface area contributed by atoms with Gasteiger partial charge in [0.25, 0.3) is 0 Å². The first-order valence-corrected chi connectivity index (χ1v) is 9.66. The molecule has 0 heterocycles. The SMILES string of the molecule is O=C(O)c1cc(COCCCCOCO)c(COCCCCOCO)c(C(=O)O)c1. The van der Waals surface area contributed by atoms with Gasteiger partial charge in [0.1, 0.15) is 13.6 Å². The van der Waals surface area contributed by atoms with Gasteiger partial charge in [-0.1, -0.05) is 0 Å². The first-order valence-electron chi connectivity index (χ1n) is 9.66. The van der Waals surface area contributed by atoms with E-state index in [0.717, 1.165) is 6.07 Å². The molecule has 0 spiro atoms. The Labute approximate surface area is 174 Å². The highest BCUT2D eigenvalue weighted by molar-refractivity contribution is 5.95. The molecule has 0 aliphatic rings. The Kier molecular flexibility index (Phi) is 13.6. The van der Waals surface area contributed by atoms with Gasteiger partial charge < -0.3 is 39.4 Å². The fourth-order valence-corrected chi connectivity index (χ4v) is 2.65. The third kappa shape index (κ3) is 10.1. The molecule has 10 nitrogen and oxygen atoms in total. The molecule has 0 amide bonds. The summed E-state index contributed by atoms with van der Waals surface area (Å²) in [5.41, 5.74) is 0.561. The Morgan fingerprint density at radius 2 is 1.20 bits per heavy atom. The van der Waals surface area contributed by atoms with Gasteiger partial charge in [-0.05, 0) is 48.9 Å². The average molecular weight is 430 g/mol. The summed E-state index contributed by atoms with van der Waals surface area (Å²) in [7, 11) is 0. The summed E-state index contributed by atoms with van der Waals surface area (Å²) < 4.78 is 20.8. The Bertz CT molecular complexity index is 647. The summed E-state index contributed by atoms with van der Waals surface area (Å²) in [4.78, 5) is 23.0. The number of benzene rings is 1. The molecule has 0 saturated carbocycles. The summed E-state index contributed by atoms with van der Waals surface area (Å²) in [6.07, 6.45) is 2.70. The summed E-state index contributed by atoms with van der Waals surface area (Å²) in [5, 5.41) is 35.9. The number of carbonyl (C=O) groups is 2. The van der Waals surface area contributed by atoms with E-state index < -0.39 is 11.9 Å². The van der Waals surface area contributed by atoms with Crippen LogP contribution < -0.4 is 0 Å². The molecular formula is C20H30O10. The van der Waals surface area contributed by atoms with Crippen molar-refractivity contribution in [2.45, 2.75) is 38.9 Å². The van der Waals surface area contributed by atoms with Crippen molar-refractivity contribution >= 4 is 11.9 Å². The molecule has 0 aliphatic heterocycles. The largest absolute Gasteiger partial charge is 0.478 e. The minimum Gasteiger partial charge on any atom is -0.478 e. The van der Waals surface area contributed by atoms with E-state index in [4.69, 9.17) is 29.2 Å². The van der Waals surface area contributed by atoms with Gasteiger partial charge in [-0.3, -0.25) is 0 Å². The van der Waals surface area contributed by atoms with Crippen molar-refractivity contribution < 1.29 is 49.0 Å². The van der Waals surface area contributed by atoms with E-state index >= 15 is 0 Å². The van der Waals surface area contributed by atoms with Crippen LogP contribution in [0.25, 0.3) is 0 Å².